The number of Topliss-reactive ketones (excluding diaryl/α,β-unsaturated/α-hetero) is 2. The second kappa shape index (κ2) is 13.0. The number of rotatable bonds is 9. The minimum Gasteiger partial charge on any atom is -0.506 e. The van der Waals surface area contributed by atoms with Gasteiger partial charge in [-0.25, -0.2) is 0 Å². The summed E-state index contributed by atoms with van der Waals surface area (Å²) in [6.07, 6.45) is 16.1. The van der Waals surface area contributed by atoms with Crippen molar-refractivity contribution in [2.45, 2.75) is 128 Å². The van der Waals surface area contributed by atoms with E-state index in [1.165, 1.54) is 12.7 Å². The summed E-state index contributed by atoms with van der Waals surface area (Å²) in [5.74, 6) is -1.94. The van der Waals surface area contributed by atoms with Gasteiger partial charge in [0.1, 0.15) is 28.4 Å². The highest BCUT2D eigenvalue weighted by Gasteiger charge is 2.85. The minimum atomic E-state index is -1.56. The van der Waals surface area contributed by atoms with Crippen LogP contribution >= 0.6 is 0 Å². The third kappa shape index (κ3) is 5.43. The molecule has 2 saturated heterocycles. The van der Waals surface area contributed by atoms with Gasteiger partial charge in [0, 0.05) is 44.0 Å². The van der Waals surface area contributed by atoms with Crippen molar-refractivity contribution in [3.8, 4) is 17.2 Å². The van der Waals surface area contributed by atoms with Crippen molar-refractivity contribution in [2.75, 3.05) is 20.2 Å². The van der Waals surface area contributed by atoms with E-state index in [1.54, 1.807) is 12.2 Å². The molecule has 1 aromatic rings. The fourth-order valence-corrected chi connectivity index (χ4v) is 10.2. The number of piperidine rings is 1. The minimum absolute atomic E-state index is 0.0687. The summed E-state index contributed by atoms with van der Waals surface area (Å²) in [4.78, 5) is 45.2. The number of methoxy groups -OCH3 is 1. The van der Waals surface area contributed by atoms with E-state index in [4.69, 9.17) is 18.9 Å². The van der Waals surface area contributed by atoms with E-state index in [2.05, 4.69) is 26.0 Å². The fourth-order valence-electron chi connectivity index (χ4n) is 10.2. The Kier molecular flexibility index (Phi) is 9.17. The number of ether oxygens (including phenoxy) is 4. The number of carbonyl (C=O) groups excluding carboxylic acids is 3. The standard InChI is InChI=1S/C43H55NO8/c1-25(2)14-12-19-41(7)21-18-27-34(46)32-35(47)33-38(49-8)29-24-30-40(5,6)52-42(39(29)48,20-13-15-31(45)44-22-10-9-11-23-44)43(30,33)51-37(32)28(36(27)50-41)17-16-26(3)4/h13-16,18,21,29-30,33,38,46H,9-12,17,19-20,22-24H2,1-8H3/b15-13+/t29-,30?,33?,38?,41+,42-,43-/m0/s1. The zero-order valence-corrected chi connectivity index (χ0v) is 32.1. The number of benzene rings is 1. The first-order valence-electron chi connectivity index (χ1n) is 19.1. The highest BCUT2D eigenvalue weighted by atomic mass is 16.6. The van der Waals surface area contributed by atoms with Gasteiger partial charge in [-0.1, -0.05) is 29.4 Å². The van der Waals surface area contributed by atoms with E-state index in [0.29, 0.717) is 49.2 Å². The summed E-state index contributed by atoms with van der Waals surface area (Å²) in [7, 11) is 1.53. The first-order valence-corrected chi connectivity index (χ1v) is 19.1. The topological polar surface area (TPSA) is 112 Å². The van der Waals surface area contributed by atoms with Gasteiger partial charge in [-0.2, -0.15) is 0 Å². The number of aromatic hydroxyl groups is 1. The van der Waals surface area contributed by atoms with Crippen LogP contribution in [0.5, 0.6) is 17.2 Å². The van der Waals surface area contributed by atoms with E-state index in [-0.39, 0.29) is 46.9 Å². The summed E-state index contributed by atoms with van der Waals surface area (Å²) in [5, 5.41) is 12.0. The SMILES string of the molecule is COC1C2C(=O)c3c(O)c4c(c(CC=C(C)C)c3O[C@@]23C2C[C@@H]1C(=O)[C@]3(C/C=C/C(=O)N1CCCCC1)OC2(C)C)O[C@](C)(CCC=C(C)C)C=C4. The lowest BCUT2D eigenvalue weighted by Gasteiger charge is -2.62. The third-order valence-electron chi connectivity index (χ3n) is 12.6. The number of phenolic OH excluding ortho intramolecular Hbond substituents is 1. The molecule has 1 spiro atoms. The number of likely N-dealkylation sites (tertiary alicyclic amines) is 1. The van der Waals surface area contributed by atoms with Gasteiger partial charge in [-0.15, -0.1) is 0 Å². The molecule has 4 bridgehead atoms. The number of amides is 1. The molecule has 7 atom stereocenters. The third-order valence-corrected chi connectivity index (χ3v) is 12.6. The highest BCUT2D eigenvalue weighted by molar-refractivity contribution is 6.10. The predicted octanol–water partition coefficient (Wildman–Crippen LogP) is 7.48. The maximum atomic E-state index is 15.2. The van der Waals surface area contributed by atoms with Crippen LogP contribution in [0.15, 0.2) is 41.5 Å². The number of nitrogens with zero attached hydrogens (tertiary/aromatic N) is 1. The van der Waals surface area contributed by atoms with Gasteiger partial charge in [-0.3, -0.25) is 14.4 Å². The van der Waals surface area contributed by atoms with Crippen molar-refractivity contribution in [1.82, 2.24) is 4.90 Å². The Hall–Kier alpha value is -3.69. The van der Waals surface area contributed by atoms with Gasteiger partial charge in [-0.05, 0) is 112 Å². The molecule has 1 aromatic carbocycles. The molecule has 9 heteroatoms. The Morgan fingerprint density at radius 3 is 2.40 bits per heavy atom. The van der Waals surface area contributed by atoms with Crippen LogP contribution in [0, 0.1) is 17.8 Å². The van der Waals surface area contributed by atoms with Crippen LogP contribution in [0.3, 0.4) is 0 Å². The first kappa shape index (κ1) is 36.7. The van der Waals surface area contributed by atoms with Crippen LogP contribution in [0.2, 0.25) is 0 Å². The molecule has 9 nitrogen and oxygen atoms in total. The molecule has 5 fully saturated rings. The molecule has 7 aliphatic rings. The molecular weight excluding hydrogens is 658 g/mol. The molecular formula is C43H55NO8. The normalized spacial score (nSPS) is 33.6. The van der Waals surface area contributed by atoms with Crippen LogP contribution in [0.25, 0.3) is 6.08 Å². The highest BCUT2D eigenvalue weighted by Crippen LogP contribution is 2.70. The summed E-state index contributed by atoms with van der Waals surface area (Å²) >= 11 is 0. The summed E-state index contributed by atoms with van der Waals surface area (Å²) < 4.78 is 27.2. The van der Waals surface area contributed by atoms with Crippen LogP contribution in [0.4, 0.5) is 0 Å². The largest absolute Gasteiger partial charge is 0.506 e. The maximum absolute atomic E-state index is 15.2. The molecule has 8 rings (SSSR count). The second-order valence-corrected chi connectivity index (χ2v) is 17.0. The average molecular weight is 714 g/mol. The van der Waals surface area contributed by atoms with Crippen molar-refractivity contribution in [3.63, 3.8) is 0 Å². The molecule has 3 saturated carbocycles. The van der Waals surface area contributed by atoms with Crippen LogP contribution < -0.4 is 9.47 Å². The zero-order valence-electron chi connectivity index (χ0n) is 32.1. The number of phenols is 1. The maximum Gasteiger partial charge on any atom is 0.246 e. The molecule has 1 amide bonds. The molecule has 280 valence electrons. The number of ketones is 2. The second-order valence-electron chi connectivity index (χ2n) is 17.0. The molecule has 52 heavy (non-hydrogen) atoms. The number of hydrogen-bond acceptors (Lipinski definition) is 8. The number of carbonyl (C=O) groups is 3. The van der Waals surface area contributed by atoms with Crippen LogP contribution in [0.1, 0.15) is 115 Å². The lowest BCUT2D eigenvalue weighted by molar-refractivity contribution is -0.224. The first-order chi connectivity index (χ1) is 24.6. The Morgan fingerprint density at radius 2 is 1.73 bits per heavy atom. The number of fused-ring (bicyclic) bond motifs is 2. The lowest BCUT2D eigenvalue weighted by atomic mass is 9.45. The van der Waals surface area contributed by atoms with Crippen molar-refractivity contribution in [3.05, 3.63) is 58.2 Å². The van der Waals surface area contributed by atoms with Gasteiger partial charge in [0.15, 0.2) is 22.8 Å². The van der Waals surface area contributed by atoms with Gasteiger partial charge in [0.2, 0.25) is 5.91 Å². The monoisotopic (exact) mass is 713 g/mol. The molecule has 4 aliphatic heterocycles. The fraction of sp³-hybridized carbons (Fsp3) is 0.605. The van der Waals surface area contributed by atoms with Crippen molar-refractivity contribution >= 4 is 23.5 Å². The zero-order chi connectivity index (χ0) is 37.4. The van der Waals surface area contributed by atoms with Crippen molar-refractivity contribution in [1.29, 1.82) is 0 Å². The van der Waals surface area contributed by atoms with Gasteiger partial charge >= 0.3 is 0 Å². The predicted molar refractivity (Wildman–Crippen MR) is 199 cm³/mol. The Balaban J connectivity index is 1.40. The lowest BCUT2D eigenvalue weighted by Crippen LogP contribution is -2.80. The van der Waals surface area contributed by atoms with Gasteiger partial charge in [0.25, 0.3) is 0 Å². The van der Waals surface area contributed by atoms with Crippen LogP contribution in [-0.4, -0.2) is 76.2 Å². The van der Waals surface area contributed by atoms with Crippen molar-refractivity contribution in [2.24, 2.45) is 17.8 Å². The summed E-state index contributed by atoms with van der Waals surface area (Å²) in [5.41, 5.74) is -1.03. The van der Waals surface area contributed by atoms with E-state index in [1.807, 2.05) is 51.7 Å². The van der Waals surface area contributed by atoms with E-state index in [0.717, 1.165) is 31.3 Å². The van der Waals surface area contributed by atoms with Crippen LogP contribution in [-0.2, 0) is 25.5 Å². The molecule has 0 aromatic heterocycles. The Morgan fingerprint density at radius 1 is 1.02 bits per heavy atom. The Labute approximate surface area is 308 Å². The molecule has 3 aliphatic carbocycles. The average Bonchev–Trinajstić information content (AvgIpc) is 3.23. The van der Waals surface area contributed by atoms with E-state index in [9.17, 15) is 14.7 Å². The smallest absolute Gasteiger partial charge is 0.246 e. The number of allylic oxidation sites excluding steroid dienone is 4. The van der Waals surface area contributed by atoms with E-state index < -0.39 is 40.3 Å². The molecule has 0 radical (unpaired) electrons. The molecule has 1 N–H and O–H groups in total. The summed E-state index contributed by atoms with van der Waals surface area (Å²) in [6.45, 7) is 15.6. The quantitative estimate of drug-likeness (QED) is 0.207. The molecule has 4 heterocycles. The Bertz CT molecular complexity index is 1800. The summed E-state index contributed by atoms with van der Waals surface area (Å²) in [6, 6.07) is 0. The molecule has 3 unspecified atom stereocenters. The van der Waals surface area contributed by atoms with Crippen molar-refractivity contribution < 1.29 is 38.4 Å². The number of hydrogen-bond donors (Lipinski definition) is 1. The van der Waals surface area contributed by atoms with Gasteiger partial charge in [0.05, 0.1) is 23.2 Å². The van der Waals surface area contributed by atoms with E-state index >= 15 is 4.79 Å². The van der Waals surface area contributed by atoms with Gasteiger partial charge < -0.3 is 29.0 Å².